The van der Waals surface area contributed by atoms with Gasteiger partial charge in [-0.25, -0.2) is 0 Å². The first-order valence-corrected chi connectivity index (χ1v) is 12.4. The number of Topliss-reactive ketones (excluding diaryl/α,β-unsaturated/α-hetero) is 1. The smallest absolute Gasteiger partial charge is 0.290 e. The molecule has 1 aromatic carbocycles. The molecule has 1 atom stereocenters. The third-order valence-electron chi connectivity index (χ3n) is 5.94. The van der Waals surface area contributed by atoms with Crippen molar-refractivity contribution in [1.82, 2.24) is 9.80 Å². The maximum Gasteiger partial charge on any atom is 0.290 e. The lowest BCUT2D eigenvalue weighted by Gasteiger charge is -2.32. The molecular weight excluding hydrogens is 456 g/mol. The lowest BCUT2D eigenvalue weighted by molar-refractivity contribution is -0.129. The highest BCUT2D eigenvalue weighted by atomic mass is 32.1. The highest BCUT2D eigenvalue weighted by Gasteiger charge is 2.44. The summed E-state index contributed by atoms with van der Waals surface area (Å²) in [5.74, 6) is -0.234. The van der Waals surface area contributed by atoms with E-state index in [2.05, 4.69) is 4.90 Å². The van der Waals surface area contributed by atoms with Crippen LogP contribution in [0.5, 0.6) is 11.5 Å². The Bertz CT molecular complexity index is 1050. The second-order valence-corrected chi connectivity index (χ2v) is 8.94. The number of morpholine rings is 1. The minimum atomic E-state index is -0.724. The Morgan fingerprint density at radius 3 is 2.53 bits per heavy atom. The van der Waals surface area contributed by atoms with Crippen LogP contribution in [-0.4, -0.2) is 79.2 Å². The van der Waals surface area contributed by atoms with Crippen molar-refractivity contribution < 1.29 is 28.9 Å². The second kappa shape index (κ2) is 11.0. The number of hydrogen-bond donors (Lipinski definition) is 1. The van der Waals surface area contributed by atoms with E-state index in [9.17, 15) is 14.7 Å². The van der Waals surface area contributed by atoms with Gasteiger partial charge < -0.3 is 24.2 Å². The van der Waals surface area contributed by atoms with Gasteiger partial charge in [0.15, 0.2) is 17.3 Å². The Labute approximate surface area is 203 Å². The molecular formula is C25H30N2O6S. The molecule has 8 nitrogen and oxygen atoms in total. The zero-order chi connectivity index (χ0) is 24.1. The highest BCUT2D eigenvalue weighted by Crippen LogP contribution is 2.42. The standard InChI is InChI=1S/C25H30N2O6S/c1-3-32-18-8-7-17(16-19(18)33-4-2)22-21(23(28)20-6-5-15-34-20)24(29)25(30)27(22)10-9-26-11-13-31-14-12-26/h5-8,15-16,22,29H,3-4,9-14H2,1-2H3/t22-/m0/s1. The topological polar surface area (TPSA) is 88.5 Å². The Kier molecular flexibility index (Phi) is 7.87. The minimum Gasteiger partial charge on any atom is -0.503 e. The summed E-state index contributed by atoms with van der Waals surface area (Å²) in [4.78, 5) is 30.9. The van der Waals surface area contributed by atoms with Crippen molar-refractivity contribution in [2.45, 2.75) is 19.9 Å². The van der Waals surface area contributed by atoms with E-state index in [0.29, 0.717) is 61.5 Å². The van der Waals surface area contributed by atoms with Crippen LogP contribution in [-0.2, 0) is 9.53 Å². The van der Waals surface area contributed by atoms with E-state index in [-0.39, 0.29) is 11.4 Å². The molecule has 2 aliphatic rings. The molecule has 0 bridgehead atoms. The van der Waals surface area contributed by atoms with Crippen LogP contribution in [0.25, 0.3) is 0 Å². The van der Waals surface area contributed by atoms with Gasteiger partial charge in [-0.2, -0.15) is 0 Å². The van der Waals surface area contributed by atoms with E-state index >= 15 is 0 Å². The van der Waals surface area contributed by atoms with Crippen LogP contribution in [0, 0.1) is 0 Å². The van der Waals surface area contributed by atoms with Gasteiger partial charge in [0, 0.05) is 26.2 Å². The van der Waals surface area contributed by atoms with E-state index in [1.807, 2.05) is 19.9 Å². The molecule has 0 saturated carbocycles. The molecule has 1 N–H and O–H groups in total. The molecule has 34 heavy (non-hydrogen) atoms. The molecule has 3 heterocycles. The Hall–Kier alpha value is -2.88. The molecule has 2 aliphatic heterocycles. The summed E-state index contributed by atoms with van der Waals surface area (Å²) >= 11 is 1.28. The van der Waals surface area contributed by atoms with Gasteiger partial charge >= 0.3 is 0 Å². The number of ketones is 1. The number of carbonyl (C=O) groups excluding carboxylic acids is 2. The molecule has 182 valence electrons. The normalized spacial score (nSPS) is 19.1. The zero-order valence-electron chi connectivity index (χ0n) is 19.5. The molecule has 0 radical (unpaired) electrons. The summed E-state index contributed by atoms with van der Waals surface area (Å²) in [6.45, 7) is 8.56. The van der Waals surface area contributed by atoms with Crippen molar-refractivity contribution in [2.24, 2.45) is 0 Å². The average molecular weight is 487 g/mol. The lowest BCUT2D eigenvalue weighted by Crippen LogP contribution is -2.43. The molecule has 1 fully saturated rings. The van der Waals surface area contributed by atoms with E-state index in [4.69, 9.17) is 14.2 Å². The predicted molar refractivity (Wildman–Crippen MR) is 129 cm³/mol. The van der Waals surface area contributed by atoms with Crippen LogP contribution < -0.4 is 9.47 Å². The van der Waals surface area contributed by atoms with Crippen LogP contribution in [0.15, 0.2) is 47.0 Å². The third kappa shape index (κ3) is 4.96. The largest absolute Gasteiger partial charge is 0.503 e. The summed E-state index contributed by atoms with van der Waals surface area (Å²) in [6, 6.07) is 8.17. The number of nitrogens with zero attached hydrogens (tertiary/aromatic N) is 2. The Morgan fingerprint density at radius 2 is 1.85 bits per heavy atom. The summed E-state index contributed by atoms with van der Waals surface area (Å²) < 4.78 is 16.9. The maximum absolute atomic E-state index is 13.4. The van der Waals surface area contributed by atoms with E-state index < -0.39 is 17.7 Å². The van der Waals surface area contributed by atoms with Gasteiger partial charge in [-0.15, -0.1) is 11.3 Å². The van der Waals surface area contributed by atoms with Gasteiger partial charge in [0.25, 0.3) is 5.91 Å². The monoisotopic (exact) mass is 486 g/mol. The summed E-state index contributed by atoms with van der Waals surface area (Å²) in [5, 5.41) is 12.7. The lowest BCUT2D eigenvalue weighted by atomic mass is 9.95. The molecule has 1 aromatic heterocycles. The van der Waals surface area contributed by atoms with Crippen LogP contribution in [0.1, 0.15) is 35.1 Å². The van der Waals surface area contributed by atoms with Crippen molar-refractivity contribution in [3.05, 3.63) is 57.5 Å². The number of rotatable bonds is 10. The number of amides is 1. The molecule has 0 unspecified atom stereocenters. The molecule has 1 amide bonds. The first-order chi connectivity index (χ1) is 16.5. The molecule has 9 heteroatoms. The predicted octanol–water partition coefficient (Wildman–Crippen LogP) is 3.46. The zero-order valence-corrected chi connectivity index (χ0v) is 20.3. The molecule has 2 aromatic rings. The van der Waals surface area contributed by atoms with Crippen LogP contribution >= 0.6 is 11.3 Å². The van der Waals surface area contributed by atoms with Gasteiger partial charge in [-0.3, -0.25) is 14.5 Å². The number of carbonyl (C=O) groups is 2. The van der Waals surface area contributed by atoms with Crippen molar-refractivity contribution in [2.75, 3.05) is 52.6 Å². The summed E-state index contributed by atoms with van der Waals surface area (Å²) in [7, 11) is 0. The first-order valence-electron chi connectivity index (χ1n) is 11.6. The Balaban J connectivity index is 1.71. The number of benzene rings is 1. The van der Waals surface area contributed by atoms with Crippen molar-refractivity contribution >= 4 is 23.0 Å². The maximum atomic E-state index is 13.4. The van der Waals surface area contributed by atoms with Gasteiger partial charge in [-0.05, 0) is 43.0 Å². The highest BCUT2D eigenvalue weighted by molar-refractivity contribution is 7.12. The summed E-state index contributed by atoms with van der Waals surface area (Å²) in [5.41, 5.74) is 0.784. The van der Waals surface area contributed by atoms with Gasteiger partial charge in [-0.1, -0.05) is 12.1 Å². The number of aliphatic hydroxyl groups excluding tert-OH is 1. The van der Waals surface area contributed by atoms with Crippen molar-refractivity contribution in [3.63, 3.8) is 0 Å². The van der Waals surface area contributed by atoms with Crippen molar-refractivity contribution in [1.29, 1.82) is 0 Å². The number of hydrogen-bond acceptors (Lipinski definition) is 8. The first kappa shape index (κ1) is 24.3. The number of aliphatic hydroxyl groups is 1. The molecule has 0 aliphatic carbocycles. The minimum absolute atomic E-state index is 0.0982. The third-order valence-corrected chi connectivity index (χ3v) is 6.81. The van der Waals surface area contributed by atoms with Crippen LogP contribution in [0.2, 0.25) is 0 Å². The van der Waals surface area contributed by atoms with Crippen LogP contribution in [0.3, 0.4) is 0 Å². The van der Waals surface area contributed by atoms with Gasteiger partial charge in [0.05, 0.1) is 42.9 Å². The second-order valence-electron chi connectivity index (χ2n) is 8.00. The Morgan fingerprint density at radius 1 is 1.12 bits per heavy atom. The van der Waals surface area contributed by atoms with E-state index in [0.717, 1.165) is 13.1 Å². The van der Waals surface area contributed by atoms with Crippen LogP contribution in [0.4, 0.5) is 0 Å². The van der Waals surface area contributed by atoms with E-state index in [1.165, 1.54) is 11.3 Å². The quantitative estimate of drug-likeness (QED) is 0.515. The molecule has 4 rings (SSSR count). The van der Waals surface area contributed by atoms with Gasteiger partial charge in [0.1, 0.15) is 0 Å². The van der Waals surface area contributed by atoms with Gasteiger partial charge in [0.2, 0.25) is 5.78 Å². The molecule has 1 saturated heterocycles. The summed E-state index contributed by atoms with van der Waals surface area (Å²) in [6.07, 6.45) is 0. The SMILES string of the molecule is CCOc1ccc([C@H]2C(C(=O)c3cccs3)=C(O)C(=O)N2CCN2CCOCC2)cc1OCC. The number of thiophene rings is 1. The van der Waals surface area contributed by atoms with Crippen molar-refractivity contribution in [3.8, 4) is 11.5 Å². The fourth-order valence-electron chi connectivity index (χ4n) is 4.31. The fourth-order valence-corrected chi connectivity index (χ4v) is 4.99. The number of ether oxygens (including phenoxy) is 3. The average Bonchev–Trinajstić information content (AvgIpc) is 3.47. The molecule has 0 spiro atoms. The van der Waals surface area contributed by atoms with E-state index in [1.54, 1.807) is 34.5 Å². The fraction of sp³-hybridized carbons (Fsp3) is 0.440.